The zero-order valence-corrected chi connectivity index (χ0v) is 16.7. The number of rotatable bonds is 6. The van der Waals surface area contributed by atoms with Crippen LogP contribution in [0.15, 0.2) is 60.7 Å². The van der Waals surface area contributed by atoms with Crippen molar-refractivity contribution in [2.45, 2.75) is 32.4 Å². The molecule has 1 aliphatic rings. The van der Waals surface area contributed by atoms with Crippen LogP contribution in [-0.2, 0) is 4.79 Å². The van der Waals surface area contributed by atoms with Gasteiger partial charge in [0.05, 0.1) is 6.04 Å². The molecule has 1 amide bonds. The van der Waals surface area contributed by atoms with E-state index < -0.39 is 6.10 Å². The molecule has 2 atom stereocenters. The average molecular weight is 391 g/mol. The van der Waals surface area contributed by atoms with Crippen molar-refractivity contribution in [2.24, 2.45) is 0 Å². The van der Waals surface area contributed by atoms with Crippen LogP contribution in [0.1, 0.15) is 31.9 Å². The van der Waals surface area contributed by atoms with Crippen molar-refractivity contribution in [1.29, 1.82) is 0 Å². The molecule has 29 heavy (non-hydrogen) atoms. The predicted molar refractivity (Wildman–Crippen MR) is 113 cm³/mol. The molecule has 1 N–H and O–H groups in total. The van der Waals surface area contributed by atoms with Crippen LogP contribution in [0.3, 0.4) is 0 Å². The van der Waals surface area contributed by atoms with E-state index in [4.69, 9.17) is 14.2 Å². The van der Waals surface area contributed by atoms with Gasteiger partial charge in [-0.15, -0.1) is 0 Å². The fraction of sp³-hybridized carbons (Fsp3) is 0.292. The molecule has 0 fully saturated rings. The molecule has 4 rings (SSSR count). The second-order valence-corrected chi connectivity index (χ2v) is 7.16. The van der Waals surface area contributed by atoms with E-state index in [1.54, 1.807) is 0 Å². The Morgan fingerprint density at radius 3 is 2.55 bits per heavy atom. The Kier molecular flexibility index (Phi) is 5.56. The van der Waals surface area contributed by atoms with E-state index in [2.05, 4.69) is 11.4 Å². The van der Waals surface area contributed by atoms with E-state index in [1.165, 1.54) is 0 Å². The minimum atomic E-state index is -0.559. The Labute approximate surface area is 170 Å². The monoisotopic (exact) mass is 391 g/mol. The Hall–Kier alpha value is -3.21. The van der Waals surface area contributed by atoms with E-state index in [0.717, 1.165) is 22.1 Å². The summed E-state index contributed by atoms with van der Waals surface area (Å²) in [6.45, 7) is 4.99. The Morgan fingerprint density at radius 1 is 1.00 bits per heavy atom. The second kappa shape index (κ2) is 8.43. The first kappa shape index (κ1) is 19.1. The Balaban J connectivity index is 1.44. The first-order valence-corrected chi connectivity index (χ1v) is 9.99. The molecule has 0 saturated carbocycles. The predicted octanol–water partition coefficient (Wildman–Crippen LogP) is 4.65. The van der Waals surface area contributed by atoms with Gasteiger partial charge in [0.15, 0.2) is 17.6 Å². The molecule has 0 saturated heterocycles. The molecule has 1 aliphatic heterocycles. The molecular formula is C24H25NO4. The van der Waals surface area contributed by atoms with Crippen molar-refractivity contribution < 1.29 is 19.0 Å². The molecule has 0 radical (unpaired) electrons. The van der Waals surface area contributed by atoms with Crippen molar-refractivity contribution in [3.8, 4) is 17.2 Å². The third kappa shape index (κ3) is 4.29. The minimum Gasteiger partial charge on any atom is -0.486 e. The van der Waals surface area contributed by atoms with Gasteiger partial charge in [-0.2, -0.15) is 0 Å². The van der Waals surface area contributed by atoms with E-state index in [9.17, 15) is 4.79 Å². The van der Waals surface area contributed by atoms with Gasteiger partial charge >= 0.3 is 0 Å². The molecule has 150 valence electrons. The molecule has 0 spiro atoms. The van der Waals surface area contributed by atoms with Crippen LogP contribution in [0.4, 0.5) is 0 Å². The highest BCUT2D eigenvalue weighted by Crippen LogP contribution is 2.32. The lowest BCUT2D eigenvalue weighted by Crippen LogP contribution is -2.39. The van der Waals surface area contributed by atoms with Crippen LogP contribution in [0, 0.1) is 0 Å². The van der Waals surface area contributed by atoms with Gasteiger partial charge in [0, 0.05) is 0 Å². The Morgan fingerprint density at radius 2 is 1.76 bits per heavy atom. The first-order chi connectivity index (χ1) is 14.1. The molecule has 0 bridgehead atoms. The molecule has 0 unspecified atom stereocenters. The Bertz CT molecular complexity index is 1020. The summed E-state index contributed by atoms with van der Waals surface area (Å²) in [4.78, 5) is 12.8. The van der Waals surface area contributed by atoms with Crippen LogP contribution in [-0.4, -0.2) is 25.2 Å². The van der Waals surface area contributed by atoms with E-state index in [1.807, 2.05) is 68.4 Å². The van der Waals surface area contributed by atoms with Crippen LogP contribution >= 0.6 is 0 Å². The van der Waals surface area contributed by atoms with Crippen LogP contribution in [0.5, 0.6) is 17.2 Å². The topological polar surface area (TPSA) is 56.8 Å². The quantitative estimate of drug-likeness (QED) is 0.665. The zero-order chi connectivity index (χ0) is 20.2. The highest BCUT2D eigenvalue weighted by molar-refractivity contribution is 5.84. The van der Waals surface area contributed by atoms with Crippen LogP contribution in [0.25, 0.3) is 10.8 Å². The van der Waals surface area contributed by atoms with Gasteiger partial charge in [0.25, 0.3) is 5.91 Å². The number of nitrogens with one attached hydrogen (secondary N) is 1. The number of hydrogen-bond donors (Lipinski definition) is 1. The van der Waals surface area contributed by atoms with E-state index in [-0.39, 0.29) is 11.9 Å². The van der Waals surface area contributed by atoms with Crippen LogP contribution < -0.4 is 19.5 Å². The van der Waals surface area contributed by atoms with Gasteiger partial charge in [-0.1, -0.05) is 43.3 Å². The molecule has 0 aliphatic carbocycles. The summed E-state index contributed by atoms with van der Waals surface area (Å²) < 4.78 is 17.2. The normalized spacial score (nSPS) is 14.8. The highest BCUT2D eigenvalue weighted by Gasteiger charge is 2.22. The molecule has 3 aromatic carbocycles. The van der Waals surface area contributed by atoms with Crippen molar-refractivity contribution in [2.75, 3.05) is 13.2 Å². The summed E-state index contributed by atoms with van der Waals surface area (Å²) in [5.41, 5.74) is 0.961. The third-order valence-electron chi connectivity index (χ3n) is 5.09. The summed E-state index contributed by atoms with van der Waals surface area (Å²) in [7, 11) is 0. The highest BCUT2D eigenvalue weighted by atomic mass is 16.6. The summed E-state index contributed by atoms with van der Waals surface area (Å²) in [5.74, 6) is 2.01. The summed E-state index contributed by atoms with van der Waals surface area (Å²) >= 11 is 0. The lowest BCUT2D eigenvalue weighted by atomic mass is 10.1. The molecule has 5 heteroatoms. The maximum absolute atomic E-state index is 12.8. The largest absolute Gasteiger partial charge is 0.486 e. The number of hydrogen-bond acceptors (Lipinski definition) is 4. The first-order valence-electron chi connectivity index (χ1n) is 9.99. The van der Waals surface area contributed by atoms with Gasteiger partial charge in [0.2, 0.25) is 0 Å². The van der Waals surface area contributed by atoms with E-state index >= 15 is 0 Å². The number of carbonyl (C=O) groups is 1. The van der Waals surface area contributed by atoms with Gasteiger partial charge in [-0.05, 0) is 53.9 Å². The standard InChI is InChI=1S/C24H25NO4/c1-3-21(29-20-10-8-17-6-4-5-7-19(17)14-20)24(26)25-16(2)18-9-11-22-23(15-18)28-13-12-27-22/h4-11,14-16,21H,3,12-13H2,1-2H3,(H,25,26)/t16-,21+/m1/s1. The summed E-state index contributed by atoms with van der Waals surface area (Å²) in [6, 6.07) is 19.5. The molecular weight excluding hydrogens is 366 g/mol. The molecule has 1 heterocycles. The van der Waals surface area contributed by atoms with E-state index in [0.29, 0.717) is 31.1 Å². The van der Waals surface area contributed by atoms with Crippen molar-refractivity contribution in [3.63, 3.8) is 0 Å². The molecule has 3 aromatic rings. The molecule has 0 aromatic heterocycles. The fourth-order valence-electron chi connectivity index (χ4n) is 3.45. The second-order valence-electron chi connectivity index (χ2n) is 7.16. The smallest absolute Gasteiger partial charge is 0.261 e. The number of benzene rings is 3. The van der Waals surface area contributed by atoms with Crippen molar-refractivity contribution in [3.05, 3.63) is 66.2 Å². The summed E-state index contributed by atoms with van der Waals surface area (Å²) in [6.07, 6.45) is 0.0165. The van der Waals surface area contributed by atoms with Gasteiger partial charge in [-0.3, -0.25) is 4.79 Å². The van der Waals surface area contributed by atoms with Gasteiger partial charge in [0.1, 0.15) is 19.0 Å². The van der Waals surface area contributed by atoms with Gasteiger partial charge < -0.3 is 19.5 Å². The van der Waals surface area contributed by atoms with Crippen molar-refractivity contribution in [1.82, 2.24) is 5.32 Å². The third-order valence-corrected chi connectivity index (χ3v) is 5.09. The summed E-state index contributed by atoms with van der Waals surface area (Å²) in [5, 5.41) is 5.28. The molecule has 5 nitrogen and oxygen atoms in total. The maximum atomic E-state index is 12.8. The number of carbonyl (C=O) groups excluding carboxylic acids is 1. The SMILES string of the molecule is CC[C@H](Oc1ccc2ccccc2c1)C(=O)N[C@H](C)c1ccc2c(c1)OCCO2. The zero-order valence-electron chi connectivity index (χ0n) is 16.7. The maximum Gasteiger partial charge on any atom is 0.261 e. The number of fused-ring (bicyclic) bond motifs is 2. The lowest BCUT2D eigenvalue weighted by Gasteiger charge is -2.23. The lowest BCUT2D eigenvalue weighted by molar-refractivity contribution is -0.128. The number of ether oxygens (including phenoxy) is 3. The number of amides is 1. The van der Waals surface area contributed by atoms with Gasteiger partial charge in [-0.25, -0.2) is 0 Å². The average Bonchev–Trinajstić information content (AvgIpc) is 2.76. The minimum absolute atomic E-state index is 0.136. The van der Waals surface area contributed by atoms with Crippen molar-refractivity contribution >= 4 is 16.7 Å². The fourth-order valence-corrected chi connectivity index (χ4v) is 3.45. The van der Waals surface area contributed by atoms with Crippen LogP contribution in [0.2, 0.25) is 0 Å².